The second kappa shape index (κ2) is 7.36. The number of hydrogen-bond donors (Lipinski definition) is 1. The van der Waals surface area contributed by atoms with Crippen molar-refractivity contribution in [3.8, 4) is 0 Å². The third kappa shape index (κ3) is 8.08. The number of ether oxygens (including phenoxy) is 1. The van der Waals surface area contributed by atoms with Crippen LogP contribution in [-0.2, 0) is 14.3 Å². The molecule has 0 spiro atoms. The zero-order valence-corrected chi connectivity index (χ0v) is 9.52. The molecule has 0 aliphatic carbocycles. The molecule has 0 saturated carbocycles. The Bertz CT molecular complexity index is 215. The lowest BCUT2D eigenvalue weighted by molar-refractivity contribution is -0.145. The van der Waals surface area contributed by atoms with Crippen molar-refractivity contribution >= 4 is 11.8 Å². The van der Waals surface area contributed by atoms with Gasteiger partial charge in [0, 0.05) is 6.54 Å². The topological polar surface area (TPSA) is 66.8 Å². The molecule has 1 atom stereocenters. The number of hydrogen-bond acceptors (Lipinski definition) is 5. The summed E-state index contributed by atoms with van der Waals surface area (Å²) in [7, 11) is 1.72. The number of esters is 1. The van der Waals surface area contributed by atoms with Crippen LogP contribution in [0.4, 0.5) is 0 Å². The van der Waals surface area contributed by atoms with Gasteiger partial charge in [0.15, 0.2) is 5.78 Å². The van der Waals surface area contributed by atoms with Gasteiger partial charge in [0.25, 0.3) is 0 Å². The van der Waals surface area contributed by atoms with Crippen molar-refractivity contribution in [1.29, 1.82) is 0 Å². The Morgan fingerprint density at radius 2 is 2.07 bits per heavy atom. The first-order valence-electron chi connectivity index (χ1n) is 4.99. The van der Waals surface area contributed by atoms with E-state index in [2.05, 4.69) is 4.74 Å². The highest BCUT2D eigenvalue weighted by Gasteiger charge is 2.13. The minimum absolute atomic E-state index is 0.156. The predicted molar refractivity (Wildman–Crippen MR) is 55.4 cm³/mol. The molecule has 0 radical (unpaired) electrons. The molecule has 0 aliphatic heterocycles. The molecular formula is C10H19NO4. The Kier molecular flexibility index (Phi) is 6.90. The summed E-state index contributed by atoms with van der Waals surface area (Å²) in [4.78, 5) is 23.9. The Labute approximate surface area is 90.0 Å². The summed E-state index contributed by atoms with van der Waals surface area (Å²) >= 11 is 0. The van der Waals surface area contributed by atoms with E-state index in [0.29, 0.717) is 6.54 Å². The average molecular weight is 217 g/mol. The molecule has 0 rings (SSSR count). The van der Waals surface area contributed by atoms with Gasteiger partial charge in [-0.2, -0.15) is 0 Å². The summed E-state index contributed by atoms with van der Waals surface area (Å²) in [5.41, 5.74) is 0. The molecule has 5 nitrogen and oxygen atoms in total. The second-order valence-corrected chi connectivity index (χ2v) is 3.57. The minimum atomic E-state index is -0.493. The lowest BCUT2D eigenvalue weighted by Crippen LogP contribution is -2.32. The monoisotopic (exact) mass is 217 g/mol. The molecule has 0 aromatic rings. The van der Waals surface area contributed by atoms with E-state index in [4.69, 9.17) is 5.11 Å². The maximum Gasteiger partial charge on any atom is 0.313 e. The molecule has 0 fully saturated rings. The number of nitrogens with zero attached hydrogens (tertiary/aromatic N) is 1. The van der Waals surface area contributed by atoms with Crippen LogP contribution < -0.4 is 0 Å². The van der Waals surface area contributed by atoms with E-state index in [1.54, 1.807) is 25.8 Å². The van der Waals surface area contributed by atoms with Gasteiger partial charge in [-0.25, -0.2) is 0 Å². The number of aliphatic hydroxyl groups excluding tert-OH is 1. The van der Waals surface area contributed by atoms with Crippen molar-refractivity contribution in [2.75, 3.05) is 26.7 Å². The lowest BCUT2D eigenvalue weighted by Gasteiger charge is -2.16. The van der Waals surface area contributed by atoms with Gasteiger partial charge < -0.3 is 9.84 Å². The molecule has 15 heavy (non-hydrogen) atoms. The fraction of sp³-hybridized carbons (Fsp3) is 0.800. The summed E-state index contributed by atoms with van der Waals surface area (Å²) in [6.07, 6.45) is -0.678. The van der Waals surface area contributed by atoms with Gasteiger partial charge in [-0.05, 0) is 20.9 Å². The summed E-state index contributed by atoms with van der Waals surface area (Å²) in [6.45, 7) is 4.20. The second-order valence-electron chi connectivity index (χ2n) is 3.57. The van der Waals surface area contributed by atoms with E-state index in [-0.39, 0.29) is 25.4 Å². The third-order valence-electron chi connectivity index (χ3n) is 1.67. The summed E-state index contributed by atoms with van der Waals surface area (Å²) in [6, 6.07) is 0. The van der Waals surface area contributed by atoms with Crippen LogP contribution in [0.2, 0.25) is 0 Å². The van der Waals surface area contributed by atoms with Crippen molar-refractivity contribution in [1.82, 2.24) is 4.90 Å². The molecule has 88 valence electrons. The first kappa shape index (κ1) is 14.1. The lowest BCUT2D eigenvalue weighted by atomic mass is 10.2. The van der Waals surface area contributed by atoms with Gasteiger partial charge in [0.1, 0.15) is 6.42 Å². The number of carbonyl (C=O) groups excluding carboxylic acids is 2. The van der Waals surface area contributed by atoms with Crippen molar-refractivity contribution < 1.29 is 19.4 Å². The highest BCUT2D eigenvalue weighted by molar-refractivity contribution is 5.96. The van der Waals surface area contributed by atoms with E-state index in [1.165, 1.54) is 0 Å². The van der Waals surface area contributed by atoms with Gasteiger partial charge >= 0.3 is 5.97 Å². The van der Waals surface area contributed by atoms with Gasteiger partial charge in [-0.15, -0.1) is 0 Å². The number of likely N-dealkylation sites (N-methyl/N-ethyl adjacent to an activating group) is 1. The van der Waals surface area contributed by atoms with Gasteiger partial charge in [0.05, 0.1) is 19.3 Å². The first-order valence-corrected chi connectivity index (χ1v) is 4.99. The molecule has 1 unspecified atom stereocenters. The molecule has 0 amide bonds. The van der Waals surface area contributed by atoms with Crippen molar-refractivity contribution in [2.24, 2.45) is 0 Å². The number of aliphatic hydroxyl groups is 1. The smallest absolute Gasteiger partial charge is 0.313 e. The maximum atomic E-state index is 11.3. The van der Waals surface area contributed by atoms with Crippen LogP contribution in [0.25, 0.3) is 0 Å². The molecule has 0 aliphatic rings. The number of carbonyl (C=O) groups is 2. The zero-order chi connectivity index (χ0) is 11.8. The van der Waals surface area contributed by atoms with Crippen LogP contribution >= 0.6 is 0 Å². The van der Waals surface area contributed by atoms with Crippen molar-refractivity contribution in [3.05, 3.63) is 0 Å². The number of ketones is 1. The van der Waals surface area contributed by atoms with E-state index in [1.807, 2.05) is 0 Å². The van der Waals surface area contributed by atoms with E-state index in [0.717, 1.165) is 0 Å². The Balaban J connectivity index is 3.78. The van der Waals surface area contributed by atoms with Crippen molar-refractivity contribution in [2.45, 2.75) is 26.4 Å². The molecule has 0 aromatic heterocycles. The molecule has 5 heteroatoms. The SMILES string of the molecule is CCOC(=O)CC(=O)CN(C)CC(C)O. The highest BCUT2D eigenvalue weighted by atomic mass is 16.5. The largest absolute Gasteiger partial charge is 0.466 e. The highest BCUT2D eigenvalue weighted by Crippen LogP contribution is 1.93. The first-order chi connectivity index (χ1) is 6.95. The average Bonchev–Trinajstić information content (AvgIpc) is 2.00. The fourth-order valence-electron chi connectivity index (χ4n) is 1.25. The van der Waals surface area contributed by atoms with Crippen LogP contribution in [0.5, 0.6) is 0 Å². The summed E-state index contributed by atoms with van der Waals surface area (Å²) in [5.74, 6) is -0.690. The summed E-state index contributed by atoms with van der Waals surface area (Å²) < 4.78 is 4.65. The normalized spacial score (nSPS) is 12.6. The third-order valence-corrected chi connectivity index (χ3v) is 1.67. The molecule has 0 bridgehead atoms. The fourth-order valence-corrected chi connectivity index (χ4v) is 1.25. The van der Waals surface area contributed by atoms with Crippen LogP contribution in [0, 0.1) is 0 Å². The standard InChI is InChI=1S/C10H19NO4/c1-4-15-10(14)5-9(13)7-11(3)6-8(2)12/h8,12H,4-7H2,1-3H3. The summed E-state index contributed by atoms with van der Waals surface area (Å²) in [5, 5.41) is 9.06. The quantitative estimate of drug-likeness (QED) is 0.473. The Hall–Kier alpha value is -0.940. The molecular weight excluding hydrogens is 198 g/mol. The molecule has 0 aromatic carbocycles. The van der Waals surface area contributed by atoms with Crippen LogP contribution in [0.1, 0.15) is 20.3 Å². The molecule has 0 saturated heterocycles. The molecule has 0 heterocycles. The Morgan fingerprint density at radius 1 is 1.47 bits per heavy atom. The Morgan fingerprint density at radius 3 is 2.53 bits per heavy atom. The van der Waals surface area contributed by atoms with Gasteiger partial charge in [0.2, 0.25) is 0 Å². The van der Waals surface area contributed by atoms with Crippen molar-refractivity contribution in [3.63, 3.8) is 0 Å². The van der Waals surface area contributed by atoms with Crippen LogP contribution in [-0.4, -0.2) is 54.6 Å². The van der Waals surface area contributed by atoms with E-state index >= 15 is 0 Å². The van der Waals surface area contributed by atoms with Gasteiger partial charge in [-0.1, -0.05) is 0 Å². The zero-order valence-electron chi connectivity index (χ0n) is 9.52. The minimum Gasteiger partial charge on any atom is -0.466 e. The number of rotatable bonds is 7. The van der Waals surface area contributed by atoms with E-state index < -0.39 is 12.1 Å². The van der Waals surface area contributed by atoms with Crippen LogP contribution in [0.15, 0.2) is 0 Å². The van der Waals surface area contributed by atoms with E-state index in [9.17, 15) is 9.59 Å². The van der Waals surface area contributed by atoms with Crippen LogP contribution in [0.3, 0.4) is 0 Å². The number of Topliss-reactive ketones (excluding diaryl/α,β-unsaturated/α-hetero) is 1. The molecule has 1 N–H and O–H groups in total. The maximum absolute atomic E-state index is 11.3. The van der Waals surface area contributed by atoms with Gasteiger partial charge in [-0.3, -0.25) is 14.5 Å². The predicted octanol–water partition coefficient (Wildman–Crippen LogP) is -0.179.